The van der Waals surface area contributed by atoms with Crippen LogP contribution in [0.2, 0.25) is 0 Å². The van der Waals surface area contributed by atoms with Gasteiger partial charge in [0, 0.05) is 31.5 Å². The Labute approximate surface area is 141 Å². The van der Waals surface area contributed by atoms with Crippen LogP contribution in [0.1, 0.15) is 28.4 Å². The molecular weight excluding hydrogens is 326 g/mol. The molecule has 2 aromatic heterocycles. The summed E-state index contributed by atoms with van der Waals surface area (Å²) in [6, 6.07) is 7.07. The molecule has 1 atom stereocenters. The summed E-state index contributed by atoms with van der Waals surface area (Å²) in [6.07, 6.45) is 0.141. The van der Waals surface area contributed by atoms with Crippen LogP contribution >= 0.6 is 0 Å². The highest BCUT2D eigenvalue weighted by atomic mass is 16.4. The van der Waals surface area contributed by atoms with Gasteiger partial charge < -0.3 is 15.1 Å². The molecule has 9 heteroatoms. The lowest BCUT2D eigenvalue weighted by Gasteiger charge is -2.22. The number of nitrogens with zero attached hydrogens (tertiary/aromatic N) is 2. The van der Waals surface area contributed by atoms with E-state index in [1.807, 2.05) is 0 Å². The Bertz CT molecular complexity index is 1040. The summed E-state index contributed by atoms with van der Waals surface area (Å²) in [6.45, 7) is 0.208. The summed E-state index contributed by atoms with van der Waals surface area (Å²) < 4.78 is 6.72. The fourth-order valence-electron chi connectivity index (χ4n) is 3.21. The quantitative estimate of drug-likeness (QED) is 0.650. The molecule has 3 aromatic rings. The van der Waals surface area contributed by atoms with Gasteiger partial charge in [0.05, 0.1) is 5.52 Å². The number of amides is 2. The monoisotopic (exact) mass is 341 g/mol. The topological polar surface area (TPSA) is 122 Å². The van der Waals surface area contributed by atoms with Crippen LogP contribution in [0.4, 0.5) is 5.82 Å². The van der Waals surface area contributed by atoms with E-state index in [2.05, 4.69) is 20.8 Å². The zero-order chi connectivity index (χ0) is 17.6. The summed E-state index contributed by atoms with van der Waals surface area (Å²) in [5.74, 6) is -1.11. The highest BCUT2D eigenvalue weighted by Crippen LogP contribution is 2.34. The van der Waals surface area contributed by atoms with Gasteiger partial charge in [-0.1, -0.05) is 12.1 Å². The predicted molar refractivity (Wildman–Crippen MR) is 88.4 cm³/mol. The van der Waals surface area contributed by atoms with E-state index in [-0.39, 0.29) is 36.4 Å². The molecular formula is C16H15N5O4. The first-order valence-corrected chi connectivity index (χ1v) is 7.77. The van der Waals surface area contributed by atoms with Crippen molar-refractivity contribution in [2.45, 2.75) is 18.9 Å². The van der Waals surface area contributed by atoms with Crippen molar-refractivity contribution in [1.29, 1.82) is 0 Å². The summed E-state index contributed by atoms with van der Waals surface area (Å²) in [7, 11) is 1.51. The molecule has 0 bridgehead atoms. The van der Waals surface area contributed by atoms with Crippen LogP contribution < -0.4 is 16.4 Å². The second kappa shape index (κ2) is 5.62. The standard InChI is InChI=1S/C16H15N5O4/c1-17-15(23)13-12-8(6-11(22)18-14(12)20-19-13)7-21-9-4-2-3-5-10(9)25-16(21)24/h2-5,8H,6-7H2,1H3,(H,17,23)(H2,18,19,20,22)/t8-/m1/s1. The number of rotatable bonds is 3. The maximum Gasteiger partial charge on any atom is 0.419 e. The molecule has 0 spiro atoms. The largest absolute Gasteiger partial charge is 0.419 e. The molecule has 0 saturated carbocycles. The van der Waals surface area contributed by atoms with Crippen molar-refractivity contribution in [3.05, 3.63) is 46.1 Å². The van der Waals surface area contributed by atoms with E-state index in [0.717, 1.165) is 0 Å². The molecule has 0 saturated heterocycles. The van der Waals surface area contributed by atoms with Gasteiger partial charge >= 0.3 is 5.76 Å². The Kier molecular flexibility index (Phi) is 3.41. The first kappa shape index (κ1) is 15.2. The van der Waals surface area contributed by atoms with Crippen molar-refractivity contribution in [2.24, 2.45) is 0 Å². The third-order valence-corrected chi connectivity index (χ3v) is 4.33. The number of carbonyl (C=O) groups is 2. The second-order valence-electron chi connectivity index (χ2n) is 5.84. The Morgan fingerprint density at radius 3 is 3.00 bits per heavy atom. The minimum absolute atomic E-state index is 0.141. The molecule has 25 heavy (non-hydrogen) atoms. The molecule has 0 fully saturated rings. The number of H-pyrrole nitrogens is 1. The number of anilines is 1. The Morgan fingerprint density at radius 2 is 2.20 bits per heavy atom. The Balaban J connectivity index is 1.80. The fourth-order valence-corrected chi connectivity index (χ4v) is 3.21. The smallest absolute Gasteiger partial charge is 0.408 e. The average molecular weight is 341 g/mol. The van der Waals surface area contributed by atoms with Gasteiger partial charge in [-0.3, -0.25) is 19.3 Å². The Hall–Kier alpha value is -3.36. The van der Waals surface area contributed by atoms with Gasteiger partial charge in [0.15, 0.2) is 11.4 Å². The molecule has 1 aliphatic heterocycles. The molecule has 3 heterocycles. The molecule has 1 aromatic carbocycles. The number of fused-ring (bicyclic) bond motifs is 2. The lowest BCUT2D eigenvalue weighted by atomic mass is 9.91. The predicted octanol–water partition coefficient (Wildman–Crippen LogP) is 0.803. The van der Waals surface area contributed by atoms with Crippen molar-refractivity contribution >= 4 is 28.7 Å². The third-order valence-electron chi connectivity index (χ3n) is 4.33. The van der Waals surface area contributed by atoms with E-state index in [4.69, 9.17) is 4.42 Å². The average Bonchev–Trinajstić information content (AvgIpc) is 3.16. The van der Waals surface area contributed by atoms with Gasteiger partial charge in [0.2, 0.25) is 5.91 Å². The van der Waals surface area contributed by atoms with Crippen LogP contribution in [0.25, 0.3) is 11.1 Å². The molecule has 0 radical (unpaired) electrons. The number of carbonyl (C=O) groups excluding carboxylic acids is 2. The van der Waals surface area contributed by atoms with E-state index >= 15 is 0 Å². The van der Waals surface area contributed by atoms with Crippen LogP contribution in [0.5, 0.6) is 0 Å². The molecule has 4 rings (SSSR count). The molecule has 2 amide bonds. The number of aromatic nitrogens is 3. The SMILES string of the molecule is CNC(=O)c1[nH]nc2c1[C@@H](Cn1c(=O)oc3ccccc31)CC(=O)N2. The van der Waals surface area contributed by atoms with E-state index in [1.54, 1.807) is 24.3 Å². The zero-order valence-corrected chi connectivity index (χ0v) is 13.3. The summed E-state index contributed by atoms with van der Waals surface area (Å²) in [5, 5.41) is 11.9. The highest BCUT2D eigenvalue weighted by Gasteiger charge is 2.33. The zero-order valence-electron chi connectivity index (χ0n) is 13.3. The summed E-state index contributed by atoms with van der Waals surface area (Å²) in [4.78, 5) is 36.3. The molecule has 0 aliphatic carbocycles. The number of hydrogen-bond donors (Lipinski definition) is 3. The van der Waals surface area contributed by atoms with E-state index in [1.165, 1.54) is 11.6 Å². The van der Waals surface area contributed by atoms with Gasteiger partial charge in [0.1, 0.15) is 5.69 Å². The van der Waals surface area contributed by atoms with E-state index < -0.39 is 5.76 Å². The highest BCUT2D eigenvalue weighted by molar-refractivity contribution is 6.00. The van der Waals surface area contributed by atoms with Crippen LogP contribution in [-0.2, 0) is 11.3 Å². The van der Waals surface area contributed by atoms with Crippen LogP contribution in [0.3, 0.4) is 0 Å². The lowest BCUT2D eigenvalue weighted by molar-refractivity contribution is -0.117. The van der Waals surface area contributed by atoms with Gasteiger partial charge in [0.25, 0.3) is 5.91 Å². The van der Waals surface area contributed by atoms with Crippen molar-refractivity contribution in [3.63, 3.8) is 0 Å². The Morgan fingerprint density at radius 1 is 1.40 bits per heavy atom. The van der Waals surface area contributed by atoms with Crippen LogP contribution in [-0.4, -0.2) is 33.6 Å². The maximum absolute atomic E-state index is 12.2. The second-order valence-corrected chi connectivity index (χ2v) is 5.84. The van der Waals surface area contributed by atoms with E-state index in [0.29, 0.717) is 22.5 Å². The first-order valence-electron chi connectivity index (χ1n) is 7.77. The molecule has 0 unspecified atom stereocenters. The third kappa shape index (κ3) is 2.40. The molecule has 3 N–H and O–H groups in total. The van der Waals surface area contributed by atoms with Gasteiger partial charge in [-0.25, -0.2) is 4.79 Å². The van der Waals surface area contributed by atoms with Crippen LogP contribution in [0, 0.1) is 0 Å². The normalized spacial score (nSPS) is 16.5. The number of benzene rings is 1. The number of nitrogens with one attached hydrogen (secondary N) is 3. The fraction of sp³-hybridized carbons (Fsp3) is 0.250. The molecule has 128 valence electrons. The summed E-state index contributed by atoms with van der Waals surface area (Å²) in [5.41, 5.74) is 2.00. The maximum atomic E-state index is 12.2. The number of hydrogen-bond acceptors (Lipinski definition) is 5. The van der Waals surface area contributed by atoms with Crippen molar-refractivity contribution in [3.8, 4) is 0 Å². The van der Waals surface area contributed by atoms with Gasteiger partial charge in [-0.2, -0.15) is 5.10 Å². The van der Waals surface area contributed by atoms with E-state index in [9.17, 15) is 14.4 Å². The van der Waals surface area contributed by atoms with Gasteiger partial charge in [-0.05, 0) is 12.1 Å². The van der Waals surface area contributed by atoms with Crippen molar-refractivity contribution in [1.82, 2.24) is 20.1 Å². The van der Waals surface area contributed by atoms with Crippen LogP contribution in [0.15, 0.2) is 33.5 Å². The summed E-state index contributed by atoms with van der Waals surface area (Å²) >= 11 is 0. The first-order chi connectivity index (χ1) is 12.1. The molecule has 9 nitrogen and oxygen atoms in total. The number of para-hydroxylation sites is 2. The lowest BCUT2D eigenvalue weighted by Crippen LogP contribution is -2.29. The molecule has 1 aliphatic rings. The van der Waals surface area contributed by atoms with Crippen molar-refractivity contribution in [2.75, 3.05) is 12.4 Å². The van der Waals surface area contributed by atoms with Gasteiger partial charge in [-0.15, -0.1) is 0 Å². The number of aromatic amines is 1. The minimum atomic E-state index is -0.501. The minimum Gasteiger partial charge on any atom is -0.408 e. The van der Waals surface area contributed by atoms with Crippen molar-refractivity contribution < 1.29 is 14.0 Å². The number of oxazole rings is 1.